The van der Waals surface area contributed by atoms with Gasteiger partial charge in [-0.15, -0.1) is 0 Å². The summed E-state index contributed by atoms with van der Waals surface area (Å²) >= 11 is 0. The molecule has 0 amide bonds. The number of carbonyl (C=O) groups is 1. The van der Waals surface area contributed by atoms with Crippen LogP contribution in [0.5, 0.6) is 0 Å². The second kappa shape index (κ2) is 12.1. The van der Waals surface area contributed by atoms with E-state index in [2.05, 4.69) is 32.9 Å². The van der Waals surface area contributed by atoms with Crippen LogP contribution in [0.2, 0.25) is 0 Å². The molecular weight excluding hydrogens is 455 g/mol. The number of carbonyl (C=O) groups excluding carboxylic acids is 1. The molecule has 0 atom stereocenters. The first kappa shape index (κ1) is 27.5. The summed E-state index contributed by atoms with van der Waals surface area (Å²) < 4.78 is 39.1. The van der Waals surface area contributed by atoms with Gasteiger partial charge in [0.25, 0.3) is 0 Å². The monoisotopic (exact) mass is 494 g/mol. The summed E-state index contributed by atoms with van der Waals surface area (Å²) in [5.74, 6) is -0.574. The molecule has 2 aromatic carbocycles. The van der Waals surface area contributed by atoms with Crippen LogP contribution in [0, 0.1) is 0 Å². The van der Waals surface area contributed by atoms with Crippen LogP contribution < -0.4 is 5.30 Å². The van der Waals surface area contributed by atoms with Crippen LogP contribution in [-0.4, -0.2) is 40.0 Å². The summed E-state index contributed by atoms with van der Waals surface area (Å²) in [5, 5.41) is 1.03. The van der Waals surface area contributed by atoms with Gasteiger partial charge in [-0.1, -0.05) is 0 Å². The molecule has 0 saturated heterocycles. The first-order valence-electron chi connectivity index (χ1n) is 12.0. The van der Waals surface area contributed by atoms with Crippen LogP contribution in [0.15, 0.2) is 59.5 Å². The van der Waals surface area contributed by atoms with E-state index in [1.807, 2.05) is 18.2 Å². The third kappa shape index (κ3) is 6.44. The molecule has 2 rings (SSSR count). The van der Waals surface area contributed by atoms with Crippen molar-refractivity contribution < 1.29 is 21.9 Å². The normalized spacial score (nSPS) is 13.3. The average Bonchev–Trinajstić information content (AvgIpc) is 2.85. The van der Waals surface area contributed by atoms with E-state index in [9.17, 15) is 13.2 Å². The Hall–Kier alpha value is -1.75. The van der Waals surface area contributed by atoms with Crippen molar-refractivity contribution in [2.75, 3.05) is 25.6 Å². The molecule has 0 heterocycles. The van der Waals surface area contributed by atoms with Crippen molar-refractivity contribution >= 4 is 28.2 Å². The number of rotatable bonds is 14. The van der Waals surface area contributed by atoms with Crippen molar-refractivity contribution in [2.24, 2.45) is 0 Å². The molecule has 184 valence electrons. The van der Waals surface area contributed by atoms with Crippen molar-refractivity contribution in [2.45, 2.75) is 64.2 Å². The molecule has 0 fully saturated rings. The van der Waals surface area contributed by atoms with E-state index in [1.54, 1.807) is 12.1 Å². The molecule has 7 heteroatoms. The van der Waals surface area contributed by atoms with Gasteiger partial charge in [-0.05, 0) is 0 Å². The Morgan fingerprint density at radius 3 is 1.85 bits per heavy atom. The summed E-state index contributed by atoms with van der Waals surface area (Å²) in [6.45, 7) is 3.02. The van der Waals surface area contributed by atoms with Crippen LogP contribution >= 0.6 is 6.83 Å². The van der Waals surface area contributed by atoms with E-state index >= 15 is 0 Å². The van der Waals surface area contributed by atoms with Gasteiger partial charge in [-0.3, -0.25) is 0 Å². The van der Waals surface area contributed by atoms with E-state index in [4.69, 9.17) is 8.71 Å². The number of methoxy groups -OCH3 is 1. The van der Waals surface area contributed by atoms with Gasteiger partial charge in [0.15, 0.2) is 0 Å². The van der Waals surface area contributed by atoms with Gasteiger partial charge in [0.1, 0.15) is 0 Å². The third-order valence-electron chi connectivity index (χ3n) is 6.34. The average molecular weight is 495 g/mol. The zero-order chi connectivity index (χ0) is 24.4. The molecular formula is C26H39O5PS. The van der Waals surface area contributed by atoms with E-state index in [1.165, 1.54) is 19.2 Å². The quantitative estimate of drug-likeness (QED) is 0.225. The van der Waals surface area contributed by atoms with Crippen molar-refractivity contribution in [1.82, 2.24) is 0 Å². The summed E-state index contributed by atoms with van der Waals surface area (Å²) in [5.41, 5.74) is 0.192. The predicted octanol–water partition coefficient (Wildman–Crippen LogP) is 6.37. The molecule has 0 unspecified atom stereocenters. The van der Waals surface area contributed by atoms with Gasteiger partial charge in [-0.25, -0.2) is 0 Å². The number of hydrogen-bond donors (Lipinski definition) is 0. The second-order valence-electron chi connectivity index (χ2n) is 8.74. The molecule has 5 nitrogen and oxygen atoms in total. The summed E-state index contributed by atoms with van der Waals surface area (Å²) in [4.78, 5) is 12.0. The van der Waals surface area contributed by atoms with Crippen molar-refractivity contribution in [3.8, 4) is 0 Å². The number of ether oxygens (including phenoxy) is 1. The second-order valence-corrected chi connectivity index (χ2v) is 15.8. The van der Waals surface area contributed by atoms with Gasteiger partial charge in [0.2, 0.25) is 0 Å². The molecule has 0 N–H and O–H groups in total. The predicted molar refractivity (Wildman–Crippen MR) is 138 cm³/mol. The Morgan fingerprint density at radius 1 is 0.818 bits per heavy atom. The third-order valence-corrected chi connectivity index (χ3v) is 15.2. The van der Waals surface area contributed by atoms with Gasteiger partial charge in [-0.2, -0.15) is 0 Å². The molecule has 0 aliphatic carbocycles. The van der Waals surface area contributed by atoms with E-state index in [0.29, 0.717) is 0 Å². The van der Waals surface area contributed by atoms with Crippen molar-refractivity contribution in [1.29, 1.82) is 0 Å². The van der Waals surface area contributed by atoms with E-state index in [-0.39, 0.29) is 10.5 Å². The Morgan fingerprint density at radius 2 is 1.36 bits per heavy atom. The number of benzene rings is 2. The number of hydrogen-bond acceptors (Lipinski definition) is 5. The SMILES string of the molecule is CCCCP(CCCC)(CCCC)(OS(=O)(=O)c1cccc(C(=O)OC)c1)c1ccccc1. The van der Waals surface area contributed by atoms with Crippen LogP contribution in [0.1, 0.15) is 69.7 Å². The molecule has 0 aliphatic rings. The van der Waals surface area contributed by atoms with Gasteiger partial charge in [0.05, 0.1) is 0 Å². The van der Waals surface area contributed by atoms with Gasteiger partial charge < -0.3 is 0 Å². The Kier molecular flexibility index (Phi) is 10.1. The summed E-state index contributed by atoms with van der Waals surface area (Å²) in [6.07, 6.45) is 7.80. The minimum absolute atomic E-state index is 0.000161. The van der Waals surface area contributed by atoms with Crippen LogP contribution in [0.3, 0.4) is 0 Å². The number of esters is 1. The molecule has 0 aromatic heterocycles. The molecule has 0 radical (unpaired) electrons. The molecule has 0 spiro atoms. The summed E-state index contributed by atoms with van der Waals surface area (Å²) in [6, 6.07) is 16.0. The topological polar surface area (TPSA) is 69.7 Å². The first-order valence-corrected chi connectivity index (χ1v) is 16.1. The van der Waals surface area contributed by atoms with Crippen LogP contribution in [-0.2, 0) is 18.8 Å². The summed E-state index contributed by atoms with van der Waals surface area (Å²) in [7, 11) is -2.85. The fraction of sp³-hybridized carbons (Fsp3) is 0.500. The van der Waals surface area contributed by atoms with Crippen molar-refractivity contribution in [3.05, 3.63) is 60.2 Å². The first-order chi connectivity index (χ1) is 15.8. The maximum absolute atomic E-state index is 13.8. The molecule has 0 bridgehead atoms. The molecule has 0 aliphatic heterocycles. The molecule has 33 heavy (non-hydrogen) atoms. The van der Waals surface area contributed by atoms with E-state index < -0.39 is 22.9 Å². The minimum atomic E-state index is -4.13. The molecule has 0 saturated carbocycles. The van der Waals surface area contributed by atoms with Crippen molar-refractivity contribution in [3.63, 3.8) is 0 Å². The van der Waals surface area contributed by atoms with E-state index in [0.717, 1.165) is 62.3 Å². The zero-order valence-corrected chi connectivity index (χ0v) is 22.2. The fourth-order valence-electron chi connectivity index (χ4n) is 4.46. The number of unbranched alkanes of at least 4 members (excludes halogenated alkanes) is 3. The Labute approximate surface area is 200 Å². The zero-order valence-electron chi connectivity index (χ0n) is 20.5. The van der Waals surface area contributed by atoms with Crippen LogP contribution in [0.4, 0.5) is 0 Å². The van der Waals surface area contributed by atoms with Gasteiger partial charge in [0, 0.05) is 0 Å². The standard InChI is InChI=1S/C26H39O5PS/c1-5-8-19-32(20-9-6-2,21-10-7-3,24-16-12-11-13-17-24)31-33(28,29)25-18-14-15-23(22-25)26(27)30-4/h11-18,22H,5-10,19-21H2,1-4H3. The Balaban J connectivity index is 2.73. The fourth-order valence-corrected chi connectivity index (χ4v) is 14.1. The van der Waals surface area contributed by atoms with Crippen LogP contribution in [0.25, 0.3) is 0 Å². The van der Waals surface area contributed by atoms with Gasteiger partial charge >= 0.3 is 200 Å². The maximum atomic E-state index is 13.8. The molecule has 2 aromatic rings. The Bertz CT molecular complexity index is 980.